The zero-order chi connectivity index (χ0) is 11.9. The molecule has 0 amide bonds. The van der Waals surface area contributed by atoms with Crippen LogP contribution in [-0.4, -0.2) is 12.4 Å². The van der Waals surface area contributed by atoms with Crippen LogP contribution in [0.3, 0.4) is 0 Å². The molecule has 0 bridgehead atoms. The number of benzene rings is 1. The third kappa shape index (κ3) is 3.58. The number of carbonyl (C=O) groups is 1. The van der Waals surface area contributed by atoms with Crippen molar-refractivity contribution < 1.29 is 9.53 Å². The van der Waals surface area contributed by atoms with Crippen LogP contribution in [0.25, 0.3) is 0 Å². The van der Waals surface area contributed by atoms with Gasteiger partial charge >= 0.3 is 0 Å². The summed E-state index contributed by atoms with van der Waals surface area (Å²) in [5.74, 6) is 0.985. The molecule has 0 unspecified atom stereocenters. The van der Waals surface area contributed by atoms with Gasteiger partial charge in [0.1, 0.15) is 5.75 Å². The summed E-state index contributed by atoms with van der Waals surface area (Å²) in [6.45, 7) is 0.726. The van der Waals surface area contributed by atoms with Crippen LogP contribution >= 0.6 is 0 Å². The second kappa shape index (κ2) is 6.43. The first-order chi connectivity index (χ1) is 8.38. The largest absolute Gasteiger partial charge is 0.493 e. The second-order valence-electron chi connectivity index (χ2n) is 4.64. The maximum absolute atomic E-state index is 12.0. The summed E-state index contributed by atoms with van der Waals surface area (Å²) in [7, 11) is 0. The summed E-state index contributed by atoms with van der Waals surface area (Å²) in [6.07, 6.45) is 7.66. The average Bonchev–Trinajstić information content (AvgIpc) is 2.35. The van der Waals surface area contributed by atoms with Crippen molar-refractivity contribution in [3.8, 4) is 5.75 Å². The number of ketones is 1. The van der Waals surface area contributed by atoms with E-state index >= 15 is 0 Å². The minimum atomic E-state index is 0.223. The van der Waals surface area contributed by atoms with Crippen molar-refractivity contribution >= 4 is 5.78 Å². The van der Waals surface area contributed by atoms with Gasteiger partial charge in [0.05, 0.1) is 12.2 Å². The highest BCUT2D eigenvalue weighted by Gasteiger charge is 2.12. The third-order valence-corrected chi connectivity index (χ3v) is 3.24. The molecular formula is C15H20O2. The molecule has 17 heavy (non-hydrogen) atoms. The lowest BCUT2D eigenvalue weighted by Gasteiger charge is -2.12. The van der Waals surface area contributed by atoms with Crippen LogP contribution in [-0.2, 0) is 0 Å². The molecule has 0 aliphatic carbocycles. The fourth-order valence-corrected chi connectivity index (χ4v) is 2.23. The summed E-state index contributed by atoms with van der Waals surface area (Å²) in [6, 6.07) is 7.62. The number of hydrogen-bond donors (Lipinski definition) is 0. The third-order valence-electron chi connectivity index (χ3n) is 3.24. The number of hydrogen-bond acceptors (Lipinski definition) is 2. The number of Topliss-reactive ketones (excluding diaryl/α,β-unsaturated/α-hetero) is 1. The number of rotatable bonds is 0. The highest BCUT2D eigenvalue weighted by molar-refractivity contribution is 5.98. The van der Waals surface area contributed by atoms with E-state index in [2.05, 4.69) is 0 Å². The lowest BCUT2D eigenvalue weighted by molar-refractivity contribution is 0.0974. The van der Waals surface area contributed by atoms with Gasteiger partial charge in [-0.1, -0.05) is 37.8 Å². The lowest BCUT2D eigenvalue weighted by Crippen LogP contribution is -2.06. The second-order valence-corrected chi connectivity index (χ2v) is 4.64. The standard InChI is InChI=1S/C15H20O2/c16-14-10-5-3-1-2-4-8-12-17-15-11-7-6-9-13(14)15/h6-7,9,11H,1-5,8,10,12H2. The van der Waals surface area contributed by atoms with Crippen LogP contribution < -0.4 is 4.74 Å². The highest BCUT2D eigenvalue weighted by Crippen LogP contribution is 2.22. The number of ether oxygens (including phenoxy) is 1. The molecule has 1 aliphatic rings. The molecule has 2 nitrogen and oxygen atoms in total. The molecule has 0 N–H and O–H groups in total. The topological polar surface area (TPSA) is 26.3 Å². The predicted octanol–water partition coefficient (Wildman–Crippen LogP) is 3.99. The Balaban J connectivity index is 2.11. The summed E-state index contributed by atoms with van der Waals surface area (Å²) in [4.78, 5) is 12.0. The van der Waals surface area contributed by atoms with Crippen LogP contribution in [0.15, 0.2) is 24.3 Å². The Labute approximate surface area is 103 Å². The van der Waals surface area contributed by atoms with Crippen molar-refractivity contribution in [2.75, 3.05) is 6.61 Å². The zero-order valence-electron chi connectivity index (χ0n) is 10.3. The normalized spacial score (nSPS) is 18.5. The van der Waals surface area contributed by atoms with Gasteiger partial charge in [0.25, 0.3) is 0 Å². The first-order valence-corrected chi connectivity index (χ1v) is 6.63. The van der Waals surface area contributed by atoms with E-state index in [1.165, 1.54) is 25.7 Å². The minimum Gasteiger partial charge on any atom is -0.493 e. The van der Waals surface area contributed by atoms with E-state index in [0.29, 0.717) is 6.42 Å². The molecule has 1 aliphatic heterocycles. The first kappa shape index (κ1) is 12.2. The molecule has 2 rings (SSSR count). The SMILES string of the molecule is O=C1CCCCCCCCOc2ccccc21. The van der Waals surface area contributed by atoms with Gasteiger partial charge in [0, 0.05) is 6.42 Å². The van der Waals surface area contributed by atoms with E-state index in [1.807, 2.05) is 24.3 Å². The maximum Gasteiger partial charge on any atom is 0.166 e. The van der Waals surface area contributed by atoms with Gasteiger partial charge in [-0.05, 0) is 25.0 Å². The molecule has 0 aromatic heterocycles. The van der Waals surface area contributed by atoms with Crippen molar-refractivity contribution in [3.63, 3.8) is 0 Å². The molecule has 0 radical (unpaired) electrons. The van der Waals surface area contributed by atoms with Gasteiger partial charge < -0.3 is 4.74 Å². The smallest absolute Gasteiger partial charge is 0.166 e. The van der Waals surface area contributed by atoms with Gasteiger partial charge in [-0.3, -0.25) is 4.79 Å². The minimum absolute atomic E-state index is 0.223. The van der Waals surface area contributed by atoms with Gasteiger partial charge in [-0.15, -0.1) is 0 Å². The molecule has 0 atom stereocenters. The van der Waals surface area contributed by atoms with Crippen molar-refractivity contribution in [1.29, 1.82) is 0 Å². The van der Waals surface area contributed by atoms with E-state index in [9.17, 15) is 4.79 Å². The maximum atomic E-state index is 12.0. The van der Waals surface area contributed by atoms with Crippen molar-refractivity contribution in [2.45, 2.75) is 44.9 Å². The first-order valence-electron chi connectivity index (χ1n) is 6.63. The quantitative estimate of drug-likeness (QED) is 0.676. The van der Waals surface area contributed by atoms with E-state index < -0.39 is 0 Å². The molecule has 1 aromatic rings. The highest BCUT2D eigenvalue weighted by atomic mass is 16.5. The van der Waals surface area contributed by atoms with Crippen LogP contribution in [0, 0.1) is 0 Å². The summed E-state index contributed by atoms with van der Waals surface area (Å²) in [5.41, 5.74) is 0.757. The van der Waals surface area contributed by atoms with Crippen molar-refractivity contribution in [3.05, 3.63) is 29.8 Å². The van der Waals surface area contributed by atoms with Crippen molar-refractivity contribution in [1.82, 2.24) is 0 Å². The Kier molecular flexibility index (Phi) is 4.60. The molecule has 0 saturated carbocycles. The lowest BCUT2D eigenvalue weighted by atomic mass is 10.0. The van der Waals surface area contributed by atoms with Crippen LogP contribution in [0.4, 0.5) is 0 Å². The summed E-state index contributed by atoms with van der Waals surface area (Å²) >= 11 is 0. The Morgan fingerprint density at radius 3 is 2.47 bits per heavy atom. The van der Waals surface area contributed by atoms with Gasteiger partial charge in [0.15, 0.2) is 5.78 Å². The number of carbonyl (C=O) groups excluding carboxylic acids is 1. The van der Waals surface area contributed by atoms with Crippen LogP contribution in [0.1, 0.15) is 55.3 Å². The Morgan fingerprint density at radius 1 is 0.882 bits per heavy atom. The molecule has 1 heterocycles. The Morgan fingerprint density at radius 2 is 1.59 bits per heavy atom. The van der Waals surface area contributed by atoms with Gasteiger partial charge in [-0.2, -0.15) is 0 Å². The molecule has 0 saturated heterocycles. The van der Waals surface area contributed by atoms with E-state index in [0.717, 1.165) is 30.8 Å². The van der Waals surface area contributed by atoms with Gasteiger partial charge in [-0.25, -0.2) is 0 Å². The fraction of sp³-hybridized carbons (Fsp3) is 0.533. The predicted molar refractivity (Wildman–Crippen MR) is 68.6 cm³/mol. The molecular weight excluding hydrogens is 212 g/mol. The molecule has 92 valence electrons. The van der Waals surface area contributed by atoms with Crippen LogP contribution in [0.5, 0.6) is 5.75 Å². The zero-order valence-corrected chi connectivity index (χ0v) is 10.3. The molecule has 1 aromatic carbocycles. The van der Waals surface area contributed by atoms with Gasteiger partial charge in [0.2, 0.25) is 0 Å². The van der Waals surface area contributed by atoms with Crippen LogP contribution in [0.2, 0.25) is 0 Å². The number of para-hydroxylation sites is 1. The summed E-state index contributed by atoms with van der Waals surface area (Å²) < 4.78 is 5.71. The molecule has 0 fully saturated rings. The monoisotopic (exact) mass is 232 g/mol. The van der Waals surface area contributed by atoms with E-state index in [4.69, 9.17) is 4.74 Å². The Hall–Kier alpha value is -1.31. The van der Waals surface area contributed by atoms with Crippen molar-refractivity contribution in [2.24, 2.45) is 0 Å². The fourth-order valence-electron chi connectivity index (χ4n) is 2.23. The summed E-state index contributed by atoms with van der Waals surface area (Å²) in [5, 5.41) is 0. The molecule has 0 spiro atoms. The van der Waals surface area contributed by atoms with E-state index in [1.54, 1.807) is 0 Å². The Bertz CT molecular complexity index is 371. The van der Waals surface area contributed by atoms with E-state index in [-0.39, 0.29) is 5.78 Å². The average molecular weight is 232 g/mol. The number of fused-ring (bicyclic) bond motifs is 1. The molecule has 2 heteroatoms.